The average Bonchev–Trinajstić information content (AvgIpc) is 3.70. The number of fused-ring (bicyclic) bond motifs is 6. The number of ketones is 1. The van der Waals surface area contributed by atoms with Gasteiger partial charge >= 0.3 is 0 Å². The molecule has 3 aliphatic rings. The Morgan fingerprint density at radius 1 is 1.21 bits per heavy atom. The third kappa shape index (κ3) is 4.21. The molecule has 5 heterocycles. The number of hydrogen-bond acceptors (Lipinski definition) is 8. The Kier molecular flexibility index (Phi) is 6.13. The summed E-state index contributed by atoms with van der Waals surface area (Å²) in [5.41, 5.74) is 4.37. The highest BCUT2D eigenvalue weighted by Gasteiger charge is 2.33. The molecule has 0 bridgehead atoms. The van der Waals surface area contributed by atoms with Crippen molar-refractivity contribution in [2.45, 2.75) is 26.2 Å². The van der Waals surface area contributed by atoms with E-state index in [4.69, 9.17) is 18.9 Å². The van der Waals surface area contributed by atoms with Crippen molar-refractivity contribution in [3.05, 3.63) is 53.2 Å². The monoisotopic (exact) mass is 605 g/mol. The zero-order valence-corrected chi connectivity index (χ0v) is 24.7. The number of aliphatic imine (C=N–C) groups is 1. The van der Waals surface area contributed by atoms with E-state index in [-0.39, 0.29) is 18.4 Å². The number of pyridine rings is 1. The number of furan rings is 1. The summed E-state index contributed by atoms with van der Waals surface area (Å²) in [5.74, 6) is 0.560. The molecule has 0 saturated carbocycles. The molecule has 222 valence electrons. The first-order chi connectivity index (χ1) is 20.6. The van der Waals surface area contributed by atoms with Crippen molar-refractivity contribution in [2.24, 2.45) is 4.99 Å². The Labute approximate surface area is 246 Å². The molecule has 1 atom stereocenters. The maximum Gasteiger partial charge on any atom is 0.294 e. The summed E-state index contributed by atoms with van der Waals surface area (Å²) < 4.78 is 61.2. The number of Topliss-reactive ketones (excluding diaryl/α,β-unsaturated/α-hetero) is 1. The molecule has 4 aromatic rings. The van der Waals surface area contributed by atoms with E-state index in [1.54, 1.807) is 48.4 Å². The molecule has 1 saturated heterocycles. The van der Waals surface area contributed by atoms with E-state index in [2.05, 4.69) is 4.99 Å². The molecule has 0 N–H and O–H groups in total. The number of carbonyl (C=O) groups excluding carboxylic acids is 1. The smallest absolute Gasteiger partial charge is 0.294 e. The Hall–Kier alpha value is -4.65. The Bertz CT molecular complexity index is 2010. The maximum absolute atomic E-state index is 14.8. The number of halogens is 1. The van der Waals surface area contributed by atoms with Gasteiger partial charge in [-0.15, -0.1) is 0 Å². The van der Waals surface area contributed by atoms with Crippen LogP contribution in [-0.4, -0.2) is 63.3 Å². The number of rotatable bonds is 5. The van der Waals surface area contributed by atoms with Gasteiger partial charge in [-0.05, 0) is 37.3 Å². The van der Waals surface area contributed by atoms with Gasteiger partial charge in [0.25, 0.3) is 6.02 Å². The van der Waals surface area contributed by atoms with Crippen molar-refractivity contribution >= 4 is 50.4 Å². The molecule has 0 radical (unpaired) electrons. The minimum atomic E-state index is -3.71. The summed E-state index contributed by atoms with van der Waals surface area (Å²) in [6.07, 6.45) is 3.98. The minimum Gasteiger partial charge on any atom is -0.470 e. The minimum absolute atomic E-state index is 0.215. The van der Waals surface area contributed by atoms with Crippen LogP contribution >= 0.6 is 0 Å². The summed E-state index contributed by atoms with van der Waals surface area (Å²) in [7, 11) is -0.677. The molecule has 1 unspecified atom stereocenters. The second-order valence-corrected chi connectivity index (χ2v) is 12.7. The summed E-state index contributed by atoms with van der Waals surface area (Å²) in [5, 5.41) is 0.491. The van der Waals surface area contributed by atoms with E-state index < -0.39 is 16.2 Å². The van der Waals surface area contributed by atoms with Gasteiger partial charge in [0, 0.05) is 43.1 Å². The molecule has 0 spiro atoms. The lowest BCUT2D eigenvalue weighted by atomic mass is 10.0. The van der Waals surface area contributed by atoms with Gasteiger partial charge in [-0.1, -0.05) is 6.08 Å². The Morgan fingerprint density at radius 3 is 2.77 bits per heavy atom. The predicted molar refractivity (Wildman–Crippen MR) is 161 cm³/mol. The van der Waals surface area contributed by atoms with Crippen molar-refractivity contribution in [3.8, 4) is 28.4 Å². The van der Waals surface area contributed by atoms with Crippen LogP contribution in [0, 0.1) is 0 Å². The van der Waals surface area contributed by atoms with Crippen LogP contribution in [0.4, 0.5) is 16.0 Å². The first kappa shape index (κ1) is 27.2. The van der Waals surface area contributed by atoms with Gasteiger partial charge in [0.1, 0.15) is 29.8 Å². The van der Waals surface area contributed by atoms with Crippen LogP contribution in [0.1, 0.15) is 41.1 Å². The summed E-state index contributed by atoms with van der Waals surface area (Å²) >= 11 is 0. The molecule has 7 rings (SSSR count). The van der Waals surface area contributed by atoms with E-state index in [1.807, 2.05) is 10.6 Å². The van der Waals surface area contributed by atoms with Gasteiger partial charge in [0.15, 0.2) is 12.5 Å². The third-order valence-corrected chi connectivity index (χ3v) is 9.23. The van der Waals surface area contributed by atoms with Crippen LogP contribution in [0.3, 0.4) is 0 Å². The fourth-order valence-corrected chi connectivity index (χ4v) is 6.39. The zero-order chi connectivity index (χ0) is 30.2. The van der Waals surface area contributed by atoms with Crippen LogP contribution < -0.4 is 13.9 Å². The van der Waals surface area contributed by atoms with Crippen molar-refractivity contribution in [1.82, 2.24) is 9.55 Å². The number of carbonyl (C=O) groups is 1. The number of amidine groups is 1. The topological polar surface area (TPSA) is 119 Å². The van der Waals surface area contributed by atoms with Crippen LogP contribution in [0.2, 0.25) is 0 Å². The normalized spacial score (nSPS) is 18.3. The van der Waals surface area contributed by atoms with Crippen molar-refractivity contribution < 1.29 is 31.5 Å². The molecule has 3 aromatic heterocycles. The molecule has 1 aromatic carbocycles. The van der Waals surface area contributed by atoms with E-state index in [1.165, 1.54) is 14.0 Å². The third-order valence-electron chi connectivity index (χ3n) is 8.04. The molecule has 13 heteroatoms. The fourth-order valence-electron chi connectivity index (χ4n) is 5.88. The zero-order valence-electron chi connectivity index (χ0n) is 23.9. The summed E-state index contributed by atoms with van der Waals surface area (Å²) in [6, 6.07) is 8.94. The van der Waals surface area contributed by atoms with E-state index in [0.717, 1.165) is 16.3 Å². The molecular formula is C30H28FN5O6S. The summed E-state index contributed by atoms with van der Waals surface area (Å²) in [4.78, 5) is 23.8. The van der Waals surface area contributed by atoms with Gasteiger partial charge in [-0.2, -0.15) is 0 Å². The van der Waals surface area contributed by atoms with Gasteiger partial charge < -0.3 is 18.5 Å². The molecule has 1 fully saturated rings. The van der Waals surface area contributed by atoms with Gasteiger partial charge in [0.2, 0.25) is 15.9 Å². The molecule has 2 aliphatic heterocycles. The number of hydrogen-bond donors (Lipinski definition) is 0. The Morgan fingerprint density at radius 2 is 2.02 bits per heavy atom. The highest BCUT2D eigenvalue weighted by Crippen LogP contribution is 2.45. The standard InChI is InChI=1S/C30H28FN5O6S/c1-16(37)27-19-12-18(23(34(3)43(4,38)39)14-26(19)42-29(27)35-10-11-40-30(35)32-2)21-8-9-25-28(33-21)24-13-17-20(31)6-5-7-22(17)36(24)15-41-25/h5,7-9,12-14,20H,6,10-11,15H2,1-4H3. The SMILES string of the molecule is CN=C1OCCN1c1oc2cc(N(C)S(C)(=O)=O)c(-c3ccc4c(n3)-c3cc5c(n3CO4)C=CCC5F)cc2c1C(C)=O. The number of anilines is 2. The van der Waals surface area contributed by atoms with Gasteiger partial charge in [-0.3, -0.25) is 14.0 Å². The first-order valence-corrected chi connectivity index (χ1v) is 15.5. The van der Waals surface area contributed by atoms with E-state index in [9.17, 15) is 17.6 Å². The van der Waals surface area contributed by atoms with Crippen LogP contribution in [0.5, 0.6) is 5.75 Å². The largest absolute Gasteiger partial charge is 0.470 e. The lowest BCUT2D eigenvalue weighted by Gasteiger charge is -2.23. The molecule has 1 aliphatic carbocycles. The van der Waals surface area contributed by atoms with E-state index >= 15 is 0 Å². The summed E-state index contributed by atoms with van der Waals surface area (Å²) in [6.45, 7) is 2.47. The highest BCUT2D eigenvalue weighted by atomic mass is 32.2. The van der Waals surface area contributed by atoms with Crippen LogP contribution in [0.15, 0.2) is 45.8 Å². The van der Waals surface area contributed by atoms with Crippen LogP contribution in [-0.2, 0) is 21.5 Å². The van der Waals surface area contributed by atoms with Crippen molar-refractivity contribution in [3.63, 3.8) is 0 Å². The van der Waals surface area contributed by atoms with Crippen molar-refractivity contribution in [1.29, 1.82) is 0 Å². The van der Waals surface area contributed by atoms with Crippen LogP contribution in [0.25, 0.3) is 39.7 Å². The lowest BCUT2D eigenvalue weighted by Crippen LogP contribution is -2.25. The maximum atomic E-state index is 14.8. The number of allylic oxidation sites excluding steroid dienone is 1. The average molecular weight is 606 g/mol. The lowest BCUT2D eigenvalue weighted by molar-refractivity contribution is 0.101. The van der Waals surface area contributed by atoms with E-state index in [0.29, 0.717) is 81.8 Å². The first-order valence-electron chi connectivity index (χ1n) is 13.7. The molecule has 11 nitrogen and oxygen atoms in total. The number of sulfonamides is 1. The van der Waals surface area contributed by atoms with Crippen molar-refractivity contribution in [2.75, 3.05) is 42.7 Å². The predicted octanol–water partition coefficient (Wildman–Crippen LogP) is 5.16. The number of nitrogens with zero attached hydrogens (tertiary/aromatic N) is 5. The molecule has 43 heavy (non-hydrogen) atoms. The van der Waals surface area contributed by atoms with Gasteiger partial charge in [0.05, 0.1) is 41.1 Å². The quantitative estimate of drug-likeness (QED) is 0.286. The number of ether oxygens (including phenoxy) is 2. The highest BCUT2D eigenvalue weighted by molar-refractivity contribution is 7.92. The molecular weight excluding hydrogens is 577 g/mol. The Balaban J connectivity index is 1.46. The fraction of sp³-hybridized carbons (Fsp3) is 0.300. The second-order valence-electron chi connectivity index (χ2n) is 10.7. The second kappa shape index (κ2) is 9.69. The number of benzene rings is 1. The van der Waals surface area contributed by atoms with Gasteiger partial charge in [-0.25, -0.2) is 22.8 Å². The number of alkyl halides is 1. The number of aromatic nitrogens is 2. The molecule has 0 amide bonds.